The summed E-state index contributed by atoms with van der Waals surface area (Å²) in [4.78, 5) is 0. The third-order valence-corrected chi connectivity index (χ3v) is 0.625. The fourth-order valence-electron chi connectivity index (χ4n) is 0.339. The molecule has 0 fully saturated rings. The summed E-state index contributed by atoms with van der Waals surface area (Å²) in [5.74, 6) is 5.27. The second-order valence-electron chi connectivity index (χ2n) is 1.34. The normalized spacial score (nSPS) is 10.5. The summed E-state index contributed by atoms with van der Waals surface area (Å²) in [6.07, 6.45) is 0. The third kappa shape index (κ3) is 3.97. The number of hydrogen-bond donors (Lipinski definition) is 4. The number of nitrogens with one attached hydrogen (secondary N) is 2. The summed E-state index contributed by atoms with van der Waals surface area (Å²) in [6.45, 7) is 1.17. The first-order valence-corrected chi connectivity index (χ1v) is 2.46. The monoisotopic (exact) mass is 119 g/mol. The molecule has 5 heteroatoms. The molecule has 0 radical (unpaired) electrons. The maximum absolute atomic E-state index is 5.27. The smallest absolute Gasteiger partial charge is 0.0422 e. The quantitative estimate of drug-likeness (QED) is 0.248. The van der Waals surface area contributed by atoms with Gasteiger partial charge in [0.25, 0.3) is 0 Å². The maximum atomic E-state index is 5.27. The first-order valence-electron chi connectivity index (χ1n) is 2.46. The van der Waals surface area contributed by atoms with Gasteiger partial charge < -0.3 is 5.73 Å². The van der Waals surface area contributed by atoms with Gasteiger partial charge in [-0.2, -0.15) is 10.7 Å². The molecule has 0 unspecified atom stereocenters. The van der Waals surface area contributed by atoms with Crippen LogP contribution in [0.2, 0.25) is 0 Å². The zero-order valence-electron chi connectivity index (χ0n) is 5.02. The predicted molar refractivity (Wildman–Crippen MR) is 32.1 cm³/mol. The average molecular weight is 119 g/mol. The highest BCUT2D eigenvalue weighted by molar-refractivity contribution is 4.36. The van der Waals surface area contributed by atoms with Crippen molar-refractivity contribution in [1.29, 1.82) is 0 Å². The molecule has 0 aromatic heterocycles. The predicted octanol–water partition coefficient (Wildman–Crippen LogP) is -2.24. The van der Waals surface area contributed by atoms with E-state index in [0.29, 0.717) is 13.1 Å². The number of nitrogens with zero attached hydrogens (tertiary/aromatic N) is 1. The SMILES string of the molecule is CNNN(N)CCN. The van der Waals surface area contributed by atoms with E-state index in [9.17, 15) is 0 Å². The third-order valence-electron chi connectivity index (χ3n) is 0.625. The number of rotatable bonds is 4. The summed E-state index contributed by atoms with van der Waals surface area (Å²) in [6, 6.07) is 0. The molecule has 0 aromatic carbocycles. The van der Waals surface area contributed by atoms with E-state index in [1.54, 1.807) is 7.05 Å². The van der Waals surface area contributed by atoms with Gasteiger partial charge in [0.2, 0.25) is 0 Å². The van der Waals surface area contributed by atoms with Crippen LogP contribution in [0.3, 0.4) is 0 Å². The number of hydrazine groups is 3. The van der Waals surface area contributed by atoms with Crippen LogP contribution in [0.15, 0.2) is 0 Å². The fraction of sp³-hybridized carbons (Fsp3) is 1.00. The largest absolute Gasteiger partial charge is 0.329 e. The van der Waals surface area contributed by atoms with E-state index in [1.165, 1.54) is 5.12 Å². The Morgan fingerprint density at radius 1 is 1.62 bits per heavy atom. The topological polar surface area (TPSA) is 79.3 Å². The molecule has 6 N–H and O–H groups in total. The van der Waals surface area contributed by atoms with Gasteiger partial charge in [0.1, 0.15) is 0 Å². The lowest BCUT2D eigenvalue weighted by atomic mass is 10.7. The van der Waals surface area contributed by atoms with Crippen LogP contribution in [0, 0.1) is 0 Å². The van der Waals surface area contributed by atoms with Gasteiger partial charge in [0.05, 0.1) is 0 Å². The van der Waals surface area contributed by atoms with E-state index in [2.05, 4.69) is 11.0 Å². The molecule has 0 amide bonds. The summed E-state index contributed by atoms with van der Waals surface area (Å²) < 4.78 is 0. The minimum atomic E-state index is 0.547. The average Bonchev–Trinajstić information content (AvgIpc) is 1.68. The molecular weight excluding hydrogens is 106 g/mol. The van der Waals surface area contributed by atoms with E-state index < -0.39 is 0 Å². The Balaban J connectivity index is 2.92. The van der Waals surface area contributed by atoms with Gasteiger partial charge in [-0.1, -0.05) is 0 Å². The minimum Gasteiger partial charge on any atom is -0.329 e. The second kappa shape index (κ2) is 4.95. The lowest BCUT2D eigenvalue weighted by Crippen LogP contribution is -2.51. The van der Waals surface area contributed by atoms with E-state index >= 15 is 0 Å². The first-order chi connectivity index (χ1) is 3.81. The van der Waals surface area contributed by atoms with Crippen molar-refractivity contribution in [3.8, 4) is 0 Å². The maximum Gasteiger partial charge on any atom is 0.0422 e. The molecular formula is C3H13N5. The molecule has 0 aliphatic carbocycles. The highest BCUT2D eigenvalue weighted by Crippen LogP contribution is 1.59. The van der Waals surface area contributed by atoms with Crippen LogP contribution >= 0.6 is 0 Å². The Morgan fingerprint density at radius 3 is 2.62 bits per heavy atom. The van der Waals surface area contributed by atoms with Gasteiger partial charge in [-0.25, -0.2) is 5.43 Å². The highest BCUT2D eigenvalue weighted by atomic mass is 15.8. The van der Waals surface area contributed by atoms with Crippen LogP contribution in [-0.4, -0.2) is 25.3 Å². The Hall–Kier alpha value is -0.200. The van der Waals surface area contributed by atoms with Crippen molar-refractivity contribution < 1.29 is 0 Å². The van der Waals surface area contributed by atoms with Crippen LogP contribution in [-0.2, 0) is 0 Å². The van der Waals surface area contributed by atoms with Crippen molar-refractivity contribution >= 4 is 0 Å². The summed E-state index contributed by atoms with van der Waals surface area (Å²) in [5.41, 5.74) is 10.4. The summed E-state index contributed by atoms with van der Waals surface area (Å²) >= 11 is 0. The van der Waals surface area contributed by atoms with Crippen molar-refractivity contribution in [3.63, 3.8) is 0 Å². The van der Waals surface area contributed by atoms with Crippen LogP contribution < -0.4 is 22.5 Å². The van der Waals surface area contributed by atoms with Gasteiger partial charge >= 0.3 is 0 Å². The van der Waals surface area contributed by atoms with Gasteiger partial charge in [-0.05, 0) is 7.05 Å². The van der Waals surface area contributed by atoms with Gasteiger partial charge in [0.15, 0.2) is 0 Å². The molecule has 0 aliphatic heterocycles. The van der Waals surface area contributed by atoms with Gasteiger partial charge in [-0.15, -0.1) is 0 Å². The second-order valence-corrected chi connectivity index (χ2v) is 1.34. The van der Waals surface area contributed by atoms with Crippen LogP contribution in [0.1, 0.15) is 0 Å². The highest BCUT2D eigenvalue weighted by Gasteiger charge is 1.88. The molecule has 5 nitrogen and oxygen atoms in total. The summed E-state index contributed by atoms with van der Waals surface area (Å²) in [7, 11) is 1.73. The van der Waals surface area contributed by atoms with Crippen molar-refractivity contribution in [2.75, 3.05) is 20.1 Å². The van der Waals surface area contributed by atoms with Gasteiger partial charge in [-0.3, -0.25) is 5.84 Å². The fourth-order valence-corrected chi connectivity index (χ4v) is 0.339. The standard InChI is InChI=1S/C3H13N5/c1-6-7-8(5)3-2-4/h6-7H,2-5H2,1H3. The zero-order chi connectivity index (χ0) is 6.41. The molecule has 0 heterocycles. The summed E-state index contributed by atoms with van der Waals surface area (Å²) in [5, 5.41) is 1.38. The number of hydrogen-bond acceptors (Lipinski definition) is 5. The van der Waals surface area contributed by atoms with E-state index in [1.807, 2.05) is 0 Å². The lowest BCUT2D eigenvalue weighted by molar-refractivity contribution is 0.168. The van der Waals surface area contributed by atoms with Crippen molar-refractivity contribution in [1.82, 2.24) is 16.1 Å². The van der Waals surface area contributed by atoms with Crippen LogP contribution in [0.4, 0.5) is 0 Å². The van der Waals surface area contributed by atoms with Crippen molar-refractivity contribution in [3.05, 3.63) is 0 Å². The molecule has 0 saturated heterocycles. The van der Waals surface area contributed by atoms with Crippen molar-refractivity contribution in [2.24, 2.45) is 11.6 Å². The van der Waals surface area contributed by atoms with E-state index in [4.69, 9.17) is 11.6 Å². The minimum absolute atomic E-state index is 0.547. The molecule has 50 valence electrons. The Morgan fingerprint density at radius 2 is 2.25 bits per heavy atom. The zero-order valence-corrected chi connectivity index (χ0v) is 5.02. The van der Waals surface area contributed by atoms with Crippen molar-refractivity contribution in [2.45, 2.75) is 0 Å². The molecule has 0 aliphatic rings. The number of nitrogens with two attached hydrogens (primary N) is 2. The molecule has 0 bridgehead atoms. The molecule has 0 aromatic rings. The van der Waals surface area contributed by atoms with Gasteiger partial charge in [0, 0.05) is 13.1 Å². The molecule has 0 saturated carbocycles. The van der Waals surface area contributed by atoms with E-state index in [-0.39, 0.29) is 0 Å². The molecule has 8 heavy (non-hydrogen) atoms. The Labute approximate surface area is 48.9 Å². The van der Waals surface area contributed by atoms with Crippen LogP contribution in [0.5, 0.6) is 0 Å². The molecule has 0 atom stereocenters. The van der Waals surface area contributed by atoms with E-state index in [0.717, 1.165) is 0 Å². The Kier molecular flexibility index (Phi) is 4.82. The Bertz CT molecular complexity index is 40.9. The first kappa shape index (κ1) is 7.80. The lowest BCUT2D eigenvalue weighted by Gasteiger charge is -2.14. The van der Waals surface area contributed by atoms with Crippen LogP contribution in [0.25, 0.3) is 0 Å². The molecule has 0 rings (SSSR count). The molecule has 0 spiro atoms.